The Hall–Kier alpha value is -3.11. The summed E-state index contributed by atoms with van der Waals surface area (Å²) >= 11 is 5.93. The van der Waals surface area contributed by atoms with E-state index in [1.165, 1.54) is 7.05 Å². The maximum Gasteiger partial charge on any atom is 0.311 e. The molecule has 30 heavy (non-hydrogen) atoms. The second-order valence-corrected chi connectivity index (χ2v) is 9.63. The molecule has 1 aliphatic heterocycles. The molecular formula is C19H18ClN5O4S. The molecule has 2 aromatic carbocycles. The predicted molar refractivity (Wildman–Crippen MR) is 113 cm³/mol. The van der Waals surface area contributed by atoms with Gasteiger partial charge in [-0.25, -0.2) is 17.7 Å². The normalized spacial score (nSPS) is 20.8. The Labute approximate surface area is 177 Å². The van der Waals surface area contributed by atoms with E-state index in [-0.39, 0.29) is 17.6 Å². The van der Waals surface area contributed by atoms with Crippen LogP contribution in [0.4, 0.5) is 5.69 Å². The Bertz CT molecular complexity index is 1290. The van der Waals surface area contributed by atoms with Crippen LogP contribution in [-0.2, 0) is 15.6 Å². The smallest absolute Gasteiger partial charge is 0.311 e. The summed E-state index contributed by atoms with van der Waals surface area (Å²) < 4.78 is 31.1. The van der Waals surface area contributed by atoms with Crippen molar-refractivity contribution in [1.82, 2.24) is 14.6 Å². The number of aromatic nitrogens is 1. The summed E-state index contributed by atoms with van der Waals surface area (Å²) in [5.41, 5.74) is 0.908. The number of anilines is 1. The van der Waals surface area contributed by atoms with E-state index in [4.69, 9.17) is 21.4 Å². The van der Waals surface area contributed by atoms with E-state index in [9.17, 15) is 13.2 Å². The average Bonchev–Trinajstić information content (AvgIpc) is 3.09. The van der Waals surface area contributed by atoms with Gasteiger partial charge in [-0.15, -0.1) is 0 Å². The minimum Gasteiger partial charge on any atom is -0.432 e. The van der Waals surface area contributed by atoms with E-state index in [2.05, 4.69) is 15.6 Å². The number of benzene rings is 2. The van der Waals surface area contributed by atoms with Crippen molar-refractivity contribution < 1.29 is 17.6 Å². The number of amides is 1. The average molecular weight is 448 g/mol. The first-order chi connectivity index (χ1) is 14.1. The van der Waals surface area contributed by atoms with Crippen LogP contribution in [0.3, 0.4) is 0 Å². The molecular weight excluding hydrogens is 430 g/mol. The molecule has 0 radical (unpaired) electrons. The number of nitrogens with zero attached hydrogens (tertiary/aromatic N) is 2. The van der Waals surface area contributed by atoms with Crippen molar-refractivity contribution in [2.45, 2.75) is 12.5 Å². The minimum absolute atomic E-state index is 0.120. The van der Waals surface area contributed by atoms with Crippen LogP contribution in [0.15, 0.2) is 46.9 Å². The molecule has 4 rings (SSSR count). The Kier molecular flexibility index (Phi) is 4.70. The van der Waals surface area contributed by atoms with Crippen molar-refractivity contribution in [2.75, 3.05) is 18.1 Å². The molecule has 1 saturated heterocycles. The molecule has 0 bridgehead atoms. The van der Waals surface area contributed by atoms with Gasteiger partial charge in [0.25, 0.3) is 5.89 Å². The van der Waals surface area contributed by atoms with Gasteiger partial charge in [-0.05, 0) is 42.8 Å². The molecule has 1 aromatic heterocycles. The summed E-state index contributed by atoms with van der Waals surface area (Å²) in [4.78, 5) is 16.7. The number of hydrogen-bond acceptors (Lipinski definition) is 6. The van der Waals surface area contributed by atoms with Crippen molar-refractivity contribution in [3.05, 3.63) is 58.9 Å². The number of carbonyl (C=O) groups excluding carboxylic acids is 1. The number of rotatable bonds is 3. The molecule has 1 amide bonds. The Balaban J connectivity index is 1.60. The fraction of sp³-hybridized carbons (Fsp3) is 0.211. The van der Waals surface area contributed by atoms with Crippen LogP contribution < -0.4 is 10.6 Å². The molecule has 3 aromatic rings. The number of carbonyl (C=O) groups is 1. The van der Waals surface area contributed by atoms with Crippen LogP contribution in [0.2, 0.25) is 5.02 Å². The largest absolute Gasteiger partial charge is 0.432 e. The number of oxazole rings is 1. The second-order valence-electron chi connectivity index (χ2n) is 7.20. The highest BCUT2D eigenvalue weighted by Crippen LogP contribution is 2.29. The van der Waals surface area contributed by atoms with Gasteiger partial charge in [-0.3, -0.25) is 10.2 Å². The second kappa shape index (κ2) is 6.99. The molecule has 0 unspecified atom stereocenters. The number of hydrogen-bond donors (Lipinski definition) is 3. The Morgan fingerprint density at radius 2 is 2.10 bits per heavy atom. The molecule has 0 spiro atoms. The SMILES string of the molecule is CN1C(=N)N[C@](C)(c2cccc(NC(=O)c3nc4cc(Cl)ccc4o3)c2)CS1(=O)=O. The number of nitrogens with one attached hydrogen (secondary N) is 3. The standard InChI is InChI=1S/C19H18ClN5O4S/c1-19(10-30(27,28)25(2)18(21)24-19)11-4-3-5-13(8-11)22-16(26)17-23-14-9-12(20)6-7-15(14)29-17/h3-9H,10H2,1-2H3,(H2,21,24)(H,22,26)/t19-/m0/s1. The van der Waals surface area contributed by atoms with Crippen LogP contribution in [0, 0.1) is 5.41 Å². The van der Waals surface area contributed by atoms with Crippen LogP contribution in [0.25, 0.3) is 11.1 Å². The molecule has 11 heteroatoms. The first kappa shape index (κ1) is 20.2. The summed E-state index contributed by atoms with van der Waals surface area (Å²) in [6.07, 6.45) is 0. The lowest BCUT2D eigenvalue weighted by Gasteiger charge is -2.40. The van der Waals surface area contributed by atoms with Crippen molar-refractivity contribution in [2.24, 2.45) is 0 Å². The van der Waals surface area contributed by atoms with E-state index in [0.29, 0.717) is 27.4 Å². The monoisotopic (exact) mass is 447 g/mol. The Morgan fingerprint density at radius 3 is 2.83 bits per heavy atom. The van der Waals surface area contributed by atoms with Gasteiger partial charge in [-0.1, -0.05) is 23.7 Å². The third-order valence-electron chi connectivity index (χ3n) is 4.90. The molecule has 0 aliphatic carbocycles. The van der Waals surface area contributed by atoms with Crippen LogP contribution in [-0.4, -0.2) is 42.4 Å². The van der Waals surface area contributed by atoms with E-state index >= 15 is 0 Å². The van der Waals surface area contributed by atoms with Crippen molar-refractivity contribution in [3.8, 4) is 0 Å². The van der Waals surface area contributed by atoms with E-state index in [0.717, 1.165) is 4.31 Å². The summed E-state index contributed by atoms with van der Waals surface area (Å²) in [7, 11) is -2.31. The van der Waals surface area contributed by atoms with Gasteiger partial charge in [0.15, 0.2) is 5.58 Å². The lowest BCUT2D eigenvalue weighted by atomic mass is 9.93. The van der Waals surface area contributed by atoms with Gasteiger partial charge in [-0.2, -0.15) is 0 Å². The number of guanidine groups is 1. The zero-order valence-electron chi connectivity index (χ0n) is 16.1. The zero-order valence-corrected chi connectivity index (χ0v) is 17.6. The van der Waals surface area contributed by atoms with Crippen molar-refractivity contribution in [3.63, 3.8) is 0 Å². The topological polar surface area (TPSA) is 128 Å². The van der Waals surface area contributed by atoms with Crippen LogP contribution in [0.1, 0.15) is 23.2 Å². The number of sulfonamides is 1. The molecule has 1 atom stereocenters. The molecule has 156 valence electrons. The maximum absolute atomic E-state index is 12.6. The minimum atomic E-state index is -3.64. The van der Waals surface area contributed by atoms with Gasteiger partial charge >= 0.3 is 5.91 Å². The lowest BCUT2D eigenvalue weighted by Crippen LogP contribution is -2.60. The summed E-state index contributed by atoms with van der Waals surface area (Å²) in [6, 6.07) is 11.6. The molecule has 3 N–H and O–H groups in total. The fourth-order valence-corrected chi connectivity index (χ4v) is 4.91. The first-order valence-electron chi connectivity index (χ1n) is 8.89. The summed E-state index contributed by atoms with van der Waals surface area (Å²) in [6.45, 7) is 1.69. The highest BCUT2D eigenvalue weighted by molar-refractivity contribution is 7.89. The van der Waals surface area contributed by atoms with Gasteiger partial charge < -0.3 is 15.1 Å². The van der Waals surface area contributed by atoms with Crippen LogP contribution in [0.5, 0.6) is 0 Å². The fourth-order valence-electron chi connectivity index (χ4n) is 3.25. The summed E-state index contributed by atoms with van der Waals surface area (Å²) in [5, 5.41) is 14.0. The van der Waals surface area contributed by atoms with Gasteiger partial charge in [0.2, 0.25) is 16.0 Å². The molecule has 1 fully saturated rings. The third kappa shape index (κ3) is 3.59. The highest BCUT2D eigenvalue weighted by atomic mass is 35.5. The maximum atomic E-state index is 12.6. The number of halogens is 1. The molecule has 1 aliphatic rings. The first-order valence-corrected chi connectivity index (χ1v) is 10.9. The Morgan fingerprint density at radius 1 is 1.33 bits per heavy atom. The van der Waals surface area contributed by atoms with Gasteiger partial charge in [0.1, 0.15) is 5.52 Å². The van der Waals surface area contributed by atoms with E-state index in [1.807, 2.05) is 0 Å². The van der Waals surface area contributed by atoms with Gasteiger partial charge in [0.05, 0.1) is 11.3 Å². The van der Waals surface area contributed by atoms with Crippen LogP contribution >= 0.6 is 11.6 Å². The third-order valence-corrected chi connectivity index (χ3v) is 7.09. The van der Waals surface area contributed by atoms with Crippen molar-refractivity contribution in [1.29, 1.82) is 5.41 Å². The quantitative estimate of drug-likeness (QED) is 0.566. The zero-order chi connectivity index (χ0) is 21.7. The lowest BCUT2D eigenvalue weighted by molar-refractivity contribution is 0.0992. The molecule has 2 heterocycles. The number of fused-ring (bicyclic) bond motifs is 1. The molecule has 0 saturated carbocycles. The van der Waals surface area contributed by atoms with E-state index in [1.54, 1.807) is 49.4 Å². The van der Waals surface area contributed by atoms with Gasteiger partial charge in [0, 0.05) is 17.8 Å². The van der Waals surface area contributed by atoms with E-state index < -0.39 is 21.5 Å². The van der Waals surface area contributed by atoms with Crippen molar-refractivity contribution >= 4 is 50.3 Å². The highest BCUT2D eigenvalue weighted by Gasteiger charge is 2.41. The summed E-state index contributed by atoms with van der Waals surface area (Å²) in [5.74, 6) is -1.13. The molecule has 9 nitrogen and oxygen atoms in total. The predicted octanol–water partition coefficient (Wildman–Crippen LogP) is 2.75.